The molecule has 0 saturated heterocycles. The van der Waals surface area contributed by atoms with E-state index in [1.54, 1.807) is 17.7 Å². The van der Waals surface area contributed by atoms with Gasteiger partial charge in [0.15, 0.2) is 0 Å². The molecule has 0 radical (unpaired) electrons. The minimum Gasteiger partial charge on any atom is -0.497 e. The minimum absolute atomic E-state index is 0.0435. The van der Waals surface area contributed by atoms with Crippen LogP contribution < -0.4 is 16.0 Å². The Morgan fingerprint density at radius 1 is 1.29 bits per heavy atom. The summed E-state index contributed by atoms with van der Waals surface area (Å²) < 4.78 is 6.87. The van der Waals surface area contributed by atoms with Crippen LogP contribution in [-0.2, 0) is 0 Å². The van der Waals surface area contributed by atoms with Crippen molar-refractivity contribution < 1.29 is 4.74 Å². The Morgan fingerprint density at radius 3 is 2.57 bits per heavy atom. The number of rotatable bonds is 4. The summed E-state index contributed by atoms with van der Waals surface area (Å²) in [5.74, 6) is 0.512. The van der Waals surface area contributed by atoms with Crippen molar-refractivity contribution in [1.82, 2.24) is 4.57 Å². The Hall–Kier alpha value is -2.56. The first-order valence-electron chi connectivity index (χ1n) is 6.70. The Balaban J connectivity index is 2.71. The fourth-order valence-electron chi connectivity index (χ4n) is 2.29. The van der Waals surface area contributed by atoms with E-state index in [9.17, 15) is 4.79 Å². The summed E-state index contributed by atoms with van der Waals surface area (Å²) in [6, 6.07) is 10.9. The Labute approximate surface area is 123 Å². The average Bonchev–Trinajstić information content (AvgIpc) is 2.46. The highest BCUT2D eigenvalue weighted by Gasteiger charge is 2.14. The molecule has 3 N–H and O–H groups in total. The highest BCUT2D eigenvalue weighted by molar-refractivity contribution is 5.94. The first-order valence-corrected chi connectivity index (χ1v) is 6.70. The second kappa shape index (κ2) is 5.83. The van der Waals surface area contributed by atoms with Gasteiger partial charge < -0.3 is 15.0 Å². The number of nitrogens with one attached hydrogen (secondary N) is 1. The van der Waals surface area contributed by atoms with Gasteiger partial charge >= 0.3 is 0 Å². The van der Waals surface area contributed by atoms with E-state index in [1.807, 2.05) is 44.2 Å². The van der Waals surface area contributed by atoms with Crippen molar-refractivity contribution in [3.63, 3.8) is 0 Å². The molecule has 0 bridgehead atoms. The van der Waals surface area contributed by atoms with Crippen LogP contribution in [0.25, 0.3) is 11.3 Å². The van der Waals surface area contributed by atoms with Crippen LogP contribution >= 0.6 is 0 Å². The topological polar surface area (TPSA) is 81.1 Å². The SMILES string of the molecule is COc1cccc(-c2ccc(C(=N)N)c(=O)n2C(C)C)c1. The Morgan fingerprint density at radius 2 is 2.00 bits per heavy atom. The summed E-state index contributed by atoms with van der Waals surface area (Å²) in [6.07, 6.45) is 0. The van der Waals surface area contributed by atoms with Gasteiger partial charge in [0.2, 0.25) is 0 Å². The van der Waals surface area contributed by atoms with E-state index >= 15 is 0 Å². The van der Waals surface area contributed by atoms with Gasteiger partial charge in [-0.3, -0.25) is 10.2 Å². The Kier molecular flexibility index (Phi) is 4.12. The van der Waals surface area contributed by atoms with E-state index in [4.69, 9.17) is 15.9 Å². The van der Waals surface area contributed by atoms with Crippen LogP contribution in [0, 0.1) is 5.41 Å². The van der Waals surface area contributed by atoms with E-state index in [-0.39, 0.29) is 23.0 Å². The maximum Gasteiger partial charge on any atom is 0.262 e. The van der Waals surface area contributed by atoms with E-state index < -0.39 is 0 Å². The van der Waals surface area contributed by atoms with Gasteiger partial charge in [-0.15, -0.1) is 0 Å². The lowest BCUT2D eigenvalue weighted by Gasteiger charge is -2.18. The molecule has 0 spiro atoms. The van der Waals surface area contributed by atoms with Crippen LogP contribution in [0.15, 0.2) is 41.2 Å². The van der Waals surface area contributed by atoms with Gasteiger partial charge in [-0.2, -0.15) is 0 Å². The maximum atomic E-state index is 12.5. The zero-order valence-corrected chi connectivity index (χ0v) is 12.4. The quantitative estimate of drug-likeness (QED) is 0.668. The van der Waals surface area contributed by atoms with Gasteiger partial charge in [0.25, 0.3) is 5.56 Å². The van der Waals surface area contributed by atoms with Crippen LogP contribution in [0.5, 0.6) is 5.75 Å². The predicted octanol–water partition coefficient (Wildman–Crippen LogP) is 2.39. The van der Waals surface area contributed by atoms with Gasteiger partial charge in [-0.1, -0.05) is 12.1 Å². The monoisotopic (exact) mass is 285 g/mol. The largest absolute Gasteiger partial charge is 0.497 e. The van der Waals surface area contributed by atoms with Crippen LogP contribution in [0.4, 0.5) is 0 Å². The standard InChI is InChI=1S/C16H19N3O2/c1-10(2)19-14(8-7-13(15(17)18)16(19)20)11-5-4-6-12(9-11)21-3/h4-10H,1-3H3,(H3,17,18). The van der Waals surface area contributed by atoms with Gasteiger partial charge in [0, 0.05) is 11.6 Å². The van der Waals surface area contributed by atoms with Crippen LogP contribution in [0.3, 0.4) is 0 Å². The van der Waals surface area contributed by atoms with Crippen LogP contribution in [0.2, 0.25) is 0 Å². The molecule has 0 saturated carbocycles. The van der Waals surface area contributed by atoms with Crippen LogP contribution in [0.1, 0.15) is 25.5 Å². The first kappa shape index (κ1) is 14.8. The third-order valence-corrected chi connectivity index (χ3v) is 3.29. The molecule has 0 fully saturated rings. The van der Waals surface area contributed by atoms with E-state index in [0.29, 0.717) is 0 Å². The van der Waals surface area contributed by atoms with Gasteiger partial charge in [0.1, 0.15) is 11.6 Å². The van der Waals surface area contributed by atoms with Gasteiger partial charge in [-0.25, -0.2) is 0 Å². The highest BCUT2D eigenvalue weighted by atomic mass is 16.5. The number of nitrogens with zero attached hydrogens (tertiary/aromatic N) is 1. The molecule has 1 aromatic carbocycles. The second-order valence-electron chi connectivity index (χ2n) is 5.05. The number of aromatic nitrogens is 1. The van der Waals surface area contributed by atoms with Gasteiger partial charge in [0.05, 0.1) is 18.4 Å². The molecule has 0 aliphatic carbocycles. The van der Waals surface area contributed by atoms with Crippen molar-refractivity contribution >= 4 is 5.84 Å². The number of benzene rings is 1. The molecular formula is C16H19N3O2. The van der Waals surface area contributed by atoms with Crippen molar-refractivity contribution in [1.29, 1.82) is 5.41 Å². The molecule has 0 unspecified atom stereocenters. The fourth-order valence-corrected chi connectivity index (χ4v) is 2.29. The predicted molar refractivity (Wildman–Crippen MR) is 84.1 cm³/mol. The third kappa shape index (κ3) is 2.81. The number of methoxy groups -OCH3 is 1. The molecule has 0 atom stereocenters. The van der Waals surface area contributed by atoms with Crippen molar-refractivity contribution in [3.05, 3.63) is 52.3 Å². The molecular weight excluding hydrogens is 266 g/mol. The summed E-state index contributed by atoms with van der Waals surface area (Å²) in [5, 5.41) is 7.50. The molecule has 2 aromatic rings. The van der Waals surface area contributed by atoms with Crippen molar-refractivity contribution in [2.75, 3.05) is 7.11 Å². The van der Waals surface area contributed by atoms with Crippen molar-refractivity contribution in [3.8, 4) is 17.0 Å². The summed E-state index contributed by atoms with van der Waals surface area (Å²) in [7, 11) is 1.60. The first-order chi connectivity index (χ1) is 9.95. The normalized spacial score (nSPS) is 10.7. The lowest BCUT2D eigenvalue weighted by Crippen LogP contribution is -2.31. The highest BCUT2D eigenvalue weighted by Crippen LogP contribution is 2.25. The second-order valence-corrected chi connectivity index (χ2v) is 5.05. The number of amidine groups is 1. The van der Waals surface area contributed by atoms with E-state index in [2.05, 4.69) is 0 Å². The molecule has 1 aromatic heterocycles. The van der Waals surface area contributed by atoms with Crippen molar-refractivity contribution in [2.24, 2.45) is 5.73 Å². The number of pyridine rings is 1. The van der Waals surface area contributed by atoms with Gasteiger partial charge in [-0.05, 0) is 38.1 Å². The molecule has 0 aliphatic rings. The number of nitrogens with two attached hydrogens (primary N) is 1. The lowest BCUT2D eigenvalue weighted by atomic mass is 10.1. The summed E-state index contributed by atoms with van der Waals surface area (Å²) in [5.41, 5.74) is 7.10. The zero-order chi connectivity index (χ0) is 15.6. The smallest absolute Gasteiger partial charge is 0.262 e. The number of hydrogen-bond donors (Lipinski definition) is 2. The minimum atomic E-state index is -0.252. The van der Waals surface area contributed by atoms with E-state index in [1.165, 1.54) is 0 Å². The summed E-state index contributed by atoms with van der Waals surface area (Å²) >= 11 is 0. The molecule has 0 aliphatic heterocycles. The molecule has 5 heteroatoms. The molecule has 110 valence electrons. The lowest BCUT2D eigenvalue weighted by molar-refractivity contribution is 0.415. The molecule has 21 heavy (non-hydrogen) atoms. The summed E-state index contributed by atoms with van der Waals surface area (Å²) in [4.78, 5) is 12.5. The Bertz CT molecular complexity index is 733. The maximum absolute atomic E-state index is 12.5. The fraction of sp³-hybridized carbons (Fsp3) is 0.250. The van der Waals surface area contributed by atoms with Crippen molar-refractivity contribution in [2.45, 2.75) is 19.9 Å². The molecule has 1 heterocycles. The molecule has 0 amide bonds. The zero-order valence-electron chi connectivity index (χ0n) is 12.4. The number of hydrogen-bond acceptors (Lipinski definition) is 3. The summed E-state index contributed by atoms with van der Waals surface area (Å²) in [6.45, 7) is 3.85. The molecule has 5 nitrogen and oxygen atoms in total. The third-order valence-electron chi connectivity index (χ3n) is 3.29. The van der Waals surface area contributed by atoms with E-state index in [0.717, 1.165) is 17.0 Å². The number of nitrogen functional groups attached to an aromatic ring is 1. The van der Waals surface area contributed by atoms with Crippen LogP contribution in [-0.4, -0.2) is 17.5 Å². The molecule has 2 rings (SSSR count). The average molecular weight is 285 g/mol. The number of ether oxygens (including phenoxy) is 1.